The van der Waals surface area contributed by atoms with Gasteiger partial charge in [-0.1, -0.05) is 0 Å². The van der Waals surface area contributed by atoms with Crippen LogP contribution < -0.4 is 0 Å². The molecule has 0 radical (unpaired) electrons. The maximum atomic E-state index is 13.2. The van der Waals surface area contributed by atoms with Gasteiger partial charge in [-0.2, -0.15) is 5.10 Å². The van der Waals surface area contributed by atoms with Gasteiger partial charge in [-0.25, -0.2) is 4.39 Å². The van der Waals surface area contributed by atoms with Crippen LogP contribution in [0.2, 0.25) is 0 Å². The molecule has 0 amide bonds. The number of hydrogen-bond acceptors (Lipinski definition) is 3. The van der Waals surface area contributed by atoms with Crippen LogP contribution >= 0.6 is 0 Å². The summed E-state index contributed by atoms with van der Waals surface area (Å²) in [5.41, 5.74) is 0.719. The highest BCUT2D eigenvalue weighted by molar-refractivity contribution is 5.25. The zero-order chi connectivity index (χ0) is 9.97. The Morgan fingerprint density at radius 1 is 1.43 bits per heavy atom. The van der Waals surface area contributed by atoms with Crippen LogP contribution in [0.5, 0.6) is 0 Å². The fourth-order valence-electron chi connectivity index (χ4n) is 1.20. The average Bonchev–Trinajstić information content (AvgIpc) is 2.70. The average molecular weight is 193 g/mol. The van der Waals surface area contributed by atoms with Gasteiger partial charge in [0.15, 0.2) is 0 Å². The Labute approximate surface area is 79.4 Å². The van der Waals surface area contributed by atoms with E-state index in [1.165, 1.54) is 24.7 Å². The van der Waals surface area contributed by atoms with Gasteiger partial charge in [0.1, 0.15) is 11.9 Å². The molecule has 2 N–H and O–H groups in total. The predicted octanol–water partition coefficient (Wildman–Crippen LogP) is 1.03. The molecule has 0 aromatic carbocycles. The summed E-state index contributed by atoms with van der Waals surface area (Å²) in [6, 6.07) is 1.44. The van der Waals surface area contributed by atoms with E-state index in [0.29, 0.717) is 5.56 Å². The van der Waals surface area contributed by atoms with E-state index in [2.05, 4.69) is 15.2 Å². The largest absolute Gasteiger partial charge is 0.383 e. The van der Waals surface area contributed by atoms with Crippen molar-refractivity contribution in [2.75, 3.05) is 0 Å². The summed E-state index contributed by atoms with van der Waals surface area (Å²) >= 11 is 0. The number of pyridine rings is 1. The van der Waals surface area contributed by atoms with Crippen molar-refractivity contribution in [2.45, 2.75) is 6.10 Å². The van der Waals surface area contributed by atoms with Gasteiger partial charge in [-0.15, -0.1) is 0 Å². The summed E-state index contributed by atoms with van der Waals surface area (Å²) in [5, 5.41) is 16.0. The minimum atomic E-state index is -1.00. The predicted molar refractivity (Wildman–Crippen MR) is 46.8 cm³/mol. The Kier molecular flexibility index (Phi) is 2.24. The number of aromatic nitrogens is 3. The Morgan fingerprint density at radius 3 is 2.93 bits per heavy atom. The third kappa shape index (κ3) is 1.49. The molecule has 0 fully saturated rings. The van der Waals surface area contributed by atoms with E-state index in [0.717, 1.165) is 6.20 Å². The van der Waals surface area contributed by atoms with Crippen molar-refractivity contribution in [2.24, 2.45) is 0 Å². The zero-order valence-corrected chi connectivity index (χ0v) is 7.18. The molecule has 0 saturated heterocycles. The first-order chi connectivity index (χ1) is 6.79. The van der Waals surface area contributed by atoms with Crippen molar-refractivity contribution in [3.05, 3.63) is 47.8 Å². The maximum Gasteiger partial charge on any atom is 0.147 e. The van der Waals surface area contributed by atoms with Crippen molar-refractivity contribution >= 4 is 0 Å². The number of aromatic amines is 1. The Bertz CT molecular complexity index is 416. The second-order valence-corrected chi connectivity index (χ2v) is 2.83. The lowest BCUT2D eigenvalue weighted by Crippen LogP contribution is -2.01. The molecule has 0 spiro atoms. The molecule has 2 rings (SSSR count). The summed E-state index contributed by atoms with van der Waals surface area (Å²) in [5.74, 6) is -0.527. The second-order valence-electron chi connectivity index (χ2n) is 2.83. The van der Waals surface area contributed by atoms with Crippen molar-refractivity contribution < 1.29 is 9.50 Å². The Morgan fingerprint density at radius 2 is 2.29 bits per heavy atom. The highest BCUT2D eigenvalue weighted by Gasteiger charge is 2.15. The molecule has 0 saturated carbocycles. The lowest BCUT2D eigenvalue weighted by Gasteiger charge is -2.08. The van der Waals surface area contributed by atoms with Gasteiger partial charge >= 0.3 is 0 Å². The molecule has 1 unspecified atom stereocenters. The molecule has 0 aliphatic carbocycles. The summed E-state index contributed by atoms with van der Waals surface area (Å²) in [4.78, 5) is 3.60. The minimum absolute atomic E-state index is 0.196. The van der Waals surface area contributed by atoms with Crippen molar-refractivity contribution in [3.63, 3.8) is 0 Å². The fourth-order valence-corrected chi connectivity index (χ4v) is 1.20. The second kappa shape index (κ2) is 3.55. The molecule has 0 aliphatic rings. The molecular formula is C9H8FN3O. The third-order valence-electron chi connectivity index (χ3n) is 1.93. The number of aliphatic hydroxyl groups is 1. The maximum absolute atomic E-state index is 13.2. The SMILES string of the molecule is OC(c1cn[nH]c1)c1ccncc1F. The van der Waals surface area contributed by atoms with Gasteiger partial charge in [0.2, 0.25) is 0 Å². The van der Waals surface area contributed by atoms with Gasteiger partial charge in [0.05, 0.1) is 12.4 Å². The van der Waals surface area contributed by atoms with E-state index < -0.39 is 11.9 Å². The molecule has 0 aliphatic heterocycles. The monoisotopic (exact) mass is 193 g/mol. The molecule has 5 heteroatoms. The van der Waals surface area contributed by atoms with Crippen LogP contribution in [0.15, 0.2) is 30.9 Å². The standard InChI is InChI=1S/C9H8FN3O/c10-8-5-11-2-1-7(8)9(14)6-3-12-13-4-6/h1-5,9,14H,(H,12,13). The molecular weight excluding hydrogens is 185 g/mol. The molecule has 4 nitrogen and oxygen atoms in total. The van der Waals surface area contributed by atoms with Crippen LogP contribution in [0.3, 0.4) is 0 Å². The van der Waals surface area contributed by atoms with E-state index >= 15 is 0 Å². The summed E-state index contributed by atoms with van der Waals surface area (Å²) in [7, 11) is 0. The highest BCUT2D eigenvalue weighted by Crippen LogP contribution is 2.22. The fraction of sp³-hybridized carbons (Fsp3) is 0.111. The van der Waals surface area contributed by atoms with Gasteiger partial charge in [0, 0.05) is 23.5 Å². The molecule has 2 aromatic rings. The number of halogens is 1. The molecule has 72 valence electrons. The lowest BCUT2D eigenvalue weighted by atomic mass is 10.1. The van der Waals surface area contributed by atoms with Crippen molar-refractivity contribution in [1.29, 1.82) is 0 Å². The van der Waals surface area contributed by atoms with E-state index in [4.69, 9.17) is 0 Å². The highest BCUT2D eigenvalue weighted by atomic mass is 19.1. The number of nitrogens with zero attached hydrogens (tertiary/aromatic N) is 2. The van der Waals surface area contributed by atoms with E-state index in [-0.39, 0.29) is 5.56 Å². The summed E-state index contributed by atoms with van der Waals surface area (Å²) in [6.07, 6.45) is 4.46. The van der Waals surface area contributed by atoms with Gasteiger partial charge < -0.3 is 5.11 Å². The van der Waals surface area contributed by atoms with E-state index in [1.54, 1.807) is 0 Å². The summed E-state index contributed by atoms with van der Waals surface area (Å²) < 4.78 is 13.2. The molecule has 0 bridgehead atoms. The number of H-pyrrole nitrogens is 1. The van der Waals surface area contributed by atoms with Crippen LogP contribution in [0, 0.1) is 5.82 Å². The smallest absolute Gasteiger partial charge is 0.147 e. The molecule has 2 aromatic heterocycles. The lowest BCUT2D eigenvalue weighted by molar-refractivity contribution is 0.215. The minimum Gasteiger partial charge on any atom is -0.383 e. The third-order valence-corrected chi connectivity index (χ3v) is 1.93. The quantitative estimate of drug-likeness (QED) is 0.748. The molecule has 14 heavy (non-hydrogen) atoms. The Hall–Kier alpha value is -1.75. The summed E-state index contributed by atoms with van der Waals surface area (Å²) in [6.45, 7) is 0. The van der Waals surface area contributed by atoms with Gasteiger partial charge in [-0.3, -0.25) is 10.1 Å². The normalized spacial score (nSPS) is 12.7. The van der Waals surface area contributed by atoms with Crippen LogP contribution in [-0.4, -0.2) is 20.3 Å². The van der Waals surface area contributed by atoms with Crippen LogP contribution in [0.25, 0.3) is 0 Å². The van der Waals surface area contributed by atoms with E-state index in [9.17, 15) is 9.50 Å². The first kappa shape index (κ1) is 8.83. The van der Waals surface area contributed by atoms with Crippen molar-refractivity contribution in [3.8, 4) is 0 Å². The van der Waals surface area contributed by atoms with Crippen LogP contribution in [-0.2, 0) is 0 Å². The van der Waals surface area contributed by atoms with Gasteiger partial charge in [0.25, 0.3) is 0 Å². The first-order valence-corrected chi connectivity index (χ1v) is 4.05. The van der Waals surface area contributed by atoms with Gasteiger partial charge in [-0.05, 0) is 6.07 Å². The number of hydrogen-bond donors (Lipinski definition) is 2. The van der Waals surface area contributed by atoms with Crippen molar-refractivity contribution in [1.82, 2.24) is 15.2 Å². The number of nitrogens with one attached hydrogen (secondary N) is 1. The number of rotatable bonds is 2. The van der Waals surface area contributed by atoms with Crippen LogP contribution in [0.4, 0.5) is 4.39 Å². The Balaban J connectivity index is 2.37. The number of aliphatic hydroxyl groups excluding tert-OH is 1. The first-order valence-electron chi connectivity index (χ1n) is 4.05. The van der Waals surface area contributed by atoms with Crippen LogP contribution in [0.1, 0.15) is 17.2 Å². The molecule has 1 atom stereocenters. The zero-order valence-electron chi connectivity index (χ0n) is 7.18. The topological polar surface area (TPSA) is 61.8 Å². The van der Waals surface area contributed by atoms with E-state index in [1.807, 2.05) is 0 Å². The molecule has 2 heterocycles.